The Labute approximate surface area is 163 Å². The van der Waals surface area contributed by atoms with Gasteiger partial charge in [-0.15, -0.1) is 0 Å². The largest absolute Gasteiger partial charge is 0.404 e. The van der Waals surface area contributed by atoms with Gasteiger partial charge in [-0.2, -0.15) is 0 Å². The van der Waals surface area contributed by atoms with Gasteiger partial charge in [-0.1, -0.05) is 24.8 Å². The molecule has 1 aliphatic rings. The summed E-state index contributed by atoms with van der Waals surface area (Å²) in [6, 6.07) is 8.61. The van der Waals surface area contributed by atoms with Crippen molar-refractivity contribution in [1.29, 1.82) is 0 Å². The molecule has 1 heterocycles. The van der Waals surface area contributed by atoms with Gasteiger partial charge < -0.3 is 22.1 Å². The summed E-state index contributed by atoms with van der Waals surface area (Å²) in [6.45, 7) is 5.70. The lowest BCUT2D eigenvalue weighted by Crippen LogP contribution is -2.38. The van der Waals surface area contributed by atoms with Crippen LogP contribution in [0.2, 0.25) is 0 Å². The third kappa shape index (κ3) is 4.23. The lowest BCUT2D eigenvalue weighted by atomic mass is 9.99. The topological polar surface area (TPSA) is 93.2 Å². The van der Waals surface area contributed by atoms with E-state index in [1.807, 2.05) is 18.2 Å². The van der Waals surface area contributed by atoms with Gasteiger partial charge in [-0.3, -0.25) is 4.79 Å². The minimum atomic E-state index is -0.794. The van der Waals surface area contributed by atoms with Gasteiger partial charge in [0.25, 0.3) is 5.91 Å². The second-order valence-electron chi connectivity index (χ2n) is 6.82. The van der Waals surface area contributed by atoms with Crippen LogP contribution < -0.4 is 32.5 Å². The molecular formula is C22H25FN4O. The molecule has 6 N–H and O–H groups in total. The molecule has 0 bridgehead atoms. The average molecular weight is 380 g/mol. The minimum Gasteiger partial charge on any atom is -0.404 e. The third-order valence-corrected chi connectivity index (χ3v) is 4.94. The molecular weight excluding hydrogens is 355 g/mol. The summed E-state index contributed by atoms with van der Waals surface area (Å²) in [5.74, 6) is -1.42. The highest BCUT2D eigenvalue weighted by Crippen LogP contribution is 2.23. The Kier molecular flexibility index (Phi) is 6.11. The van der Waals surface area contributed by atoms with Crippen molar-refractivity contribution in [3.63, 3.8) is 0 Å². The molecule has 5 nitrogen and oxygen atoms in total. The molecule has 0 atom stereocenters. The molecule has 1 amide bonds. The molecule has 2 aromatic carbocycles. The number of halogens is 1. The van der Waals surface area contributed by atoms with Gasteiger partial charge in [-0.25, -0.2) is 4.39 Å². The molecule has 1 aliphatic heterocycles. The summed E-state index contributed by atoms with van der Waals surface area (Å²) < 4.78 is 13.9. The third-order valence-electron chi connectivity index (χ3n) is 4.94. The van der Waals surface area contributed by atoms with Crippen molar-refractivity contribution < 1.29 is 9.18 Å². The predicted octanol–water partition coefficient (Wildman–Crippen LogP) is 1.42. The van der Waals surface area contributed by atoms with Crippen LogP contribution >= 0.6 is 0 Å². The number of nitrogens with two attached hydrogens (primary N) is 2. The van der Waals surface area contributed by atoms with Crippen molar-refractivity contribution in [2.24, 2.45) is 11.5 Å². The van der Waals surface area contributed by atoms with Crippen LogP contribution in [-0.2, 0) is 0 Å². The molecule has 0 aromatic heterocycles. The number of amides is 1. The lowest BCUT2D eigenvalue weighted by molar-refractivity contribution is 0.0996. The van der Waals surface area contributed by atoms with E-state index in [2.05, 4.69) is 17.2 Å². The van der Waals surface area contributed by atoms with E-state index in [4.69, 9.17) is 11.5 Å². The van der Waals surface area contributed by atoms with Gasteiger partial charge >= 0.3 is 0 Å². The number of piperidine rings is 1. The Morgan fingerprint density at radius 1 is 1.21 bits per heavy atom. The minimum absolute atomic E-state index is 0.130. The quantitative estimate of drug-likeness (QED) is 0.631. The Morgan fingerprint density at radius 3 is 2.61 bits per heavy atom. The van der Waals surface area contributed by atoms with E-state index < -0.39 is 11.7 Å². The van der Waals surface area contributed by atoms with E-state index in [9.17, 15) is 9.18 Å². The number of rotatable bonds is 5. The van der Waals surface area contributed by atoms with Crippen LogP contribution in [0, 0.1) is 5.82 Å². The van der Waals surface area contributed by atoms with Gasteiger partial charge in [0, 0.05) is 23.1 Å². The van der Waals surface area contributed by atoms with Crippen LogP contribution in [0.5, 0.6) is 0 Å². The maximum atomic E-state index is 13.9. The molecule has 3 rings (SSSR count). The van der Waals surface area contributed by atoms with Crippen molar-refractivity contribution in [3.8, 4) is 11.1 Å². The van der Waals surface area contributed by atoms with Crippen LogP contribution in [0.1, 0.15) is 23.2 Å². The summed E-state index contributed by atoms with van der Waals surface area (Å²) in [5.41, 5.74) is 13.5. The fraction of sp³-hybridized carbons (Fsp3) is 0.227. The first-order valence-corrected chi connectivity index (χ1v) is 9.29. The van der Waals surface area contributed by atoms with Gasteiger partial charge in [0.1, 0.15) is 5.82 Å². The summed E-state index contributed by atoms with van der Waals surface area (Å²) in [7, 11) is 0. The number of carbonyl (C=O) groups is 1. The van der Waals surface area contributed by atoms with Crippen molar-refractivity contribution in [1.82, 2.24) is 5.32 Å². The molecule has 0 radical (unpaired) electrons. The predicted molar refractivity (Wildman–Crippen MR) is 112 cm³/mol. The number of hydrogen-bond acceptors (Lipinski definition) is 4. The van der Waals surface area contributed by atoms with Crippen molar-refractivity contribution in [2.45, 2.75) is 18.9 Å². The molecule has 6 heteroatoms. The molecule has 0 aliphatic carbocycles. The van der Waals surface area contributed by atoms with E-state index in [1.165, 1.54) is 12.1 Å². The Hall–Kier alpha value is -3.12. The maximum absolute atomic E-state index is 13.9. The molecule has 28 heavy (non-hydrogen) atoms. The zero-order valence-corrected chi connectivity index (χ0v) is 15.7. The Bertz CT molecular complexity index is 1010. The van der Waals surface area contributed by atoms with E-state index in [0.717, 1.165) is 47.6 Å². The van der Waals surface area contributed by atoms with Gasteiger partial charge in [0.05, 0.1) is 5.56 Å². The second-order valence-corrected chi connectivity index (χ2v) is 6.82. The SMILES string of the molecule is C=C/C=c1/cc(-c2ccc(F)c(C(N)=O)c2)cc(NC2CCNCC2)/c1=C/N. The number of benzene rings is 2. The highest BCUT2D eigenvalue weighted by Gasteiger charge is 2.15. The van der Waals surface area contributed by atoms with E-state index >= 15 is 0 Å². The van der Waals surface area contributed by atoms with Crippen molar-refractivity contribution in [2.75, 3.05) is 18.4 Å². The van der Waals surface area contributed by atoms with Gasteiger partial charge in [-0.05, 0) is 66.5 Å². The molecule has 0 spiro atoms. The van der Waals surface area contributed by atoms with Gasteiger partial charge in [0.15, 0.2) is 0 Å². The van der Waals surface area contributed by atoms with Crippen molar-refractivity contribution >= 4 is 23.9 Å². The summed E-state index contributed by atoms with van der Waals surface area (Å²) in [6.07, 6.45) is 7.16. The average Bonchev–Trinajstić information content (AvgIpc) is 2.69. The van der Waals surface area contributed by atoms with Crippen LogP contribution in [0.15, 0.2) is 43.0 Å². The first-order chi connectivity index (χ1) is 13.5. The zero-order valence-electron chi connectivity index (χ0n) is 15.7. The van der Waals surface area contributed by atoms with Crippen molar-refractivity contribution in [3.05, 3.63) is 64.8 Å². The number of nitrogens with one attached hydrogen (secondary N) is 2. The first kappa shape index (κ1) is 19.6. The number of carbonyl (C=O) groups excluding carboxylic acids is 1. The fourth-order valence-electron chi connectivity index (χ4n) is 3.49. The van der Waals surface area contributed by atoms with Crippen LogP contribution in [0.4, 0.5) is 10.1 Å². The number of anilines is 1. The van der Waals surface area contributed by atoms with Crippen LogP contribution in [0.3, 0.4) is 0 Å². The van der Waals surface area contributed by atoms with Crippen LogP contribution in [0.25, 0.3) is 23.4 Å². The summed E-state index contributed by atoms with van der Waals surface area (Å²) in [5, 5.41) is 8.70. The maximum Gasteiger partial charge on any atom is 0.251 e. The van der Waals surface area contributed by atoms with Crippen LogP contribution in [-0.4, -0.2) is 25.0 Å². The first-order valence-electron chi connectivity index (χ1n) is 9.29. The highest BCUT2D eigenvalue weighted by molar-refractivity contribution is 5.94. The monoisotopic (exact) mass is 380 g/mol. The summed E-state index contributed by atoms with van der Waals surface area (Å²) in [4.78, 5) is 11.5. The number of hydrogen-bond donors (Lipinski definition) is 4. The van der Waals surface area contributed by atoms with E-state index in [-0.39, 0.29) is 5.56 Å². The summed E-state index contributed by atoms with van der Waals surface area (Å²) >= 11 is 0. The second kappa shape index (κ2) is 8.71. The van der Waals surface area contributed by atoms with Gasteiger partial charge in [0.2, 0.25) is 0 Å². The normalized spacial score (nSPS) is 16.2. The molecule has 1 saturated heterocycles. The lowest BCUT2D eigenvalue weighted by Gasteiger charge is -2.25. The standard InChI is InChI=1S/C22H25FN4O/c1-2-3-15-10-16(14-4-5-20(23)18(11-14)22(25)28)12-21(19(15)13-24)27-17-6-8-26-9-7-17/h2-5,10-13,17,26-27H,1,6-9,24H2,(H2,25,28)/b15-3-,19-13+. The fourth-order valence-corrected chi connectivity index (χ4v) is 3.49. The zero-order chi connectivity index (χ0) is 20.1. The molecule has 1 fully saturated rings. The molecule has 2 aromatic rings. The smallest absolute Gasteiger partial charge is 0.251 e. The van der Waals surface area contributed by atoms with E-state index in [0.29, 0.717) is 11.6 Å². The number of primary amides is 1. The Balaban J connectivity index is 2.14. The molecule has 0 saturated carbocycles. The highest BCUT2D eigenvalue weighted by atomic mass is 19.1. The molecule has 0 unspecified atom stereocenters. The molecule has 146 valence electrons. The Morgan fingerprint density at radius 2 is 1.96 bits per heavy atom. The number of allylic oxidation sites excluding steroid dienone is 1. The van der Waals surface area contributed by atoms with E-state index in [1.54, 1.807) is 18.3 Å².